The predicted octanol–water partition coefficient (Wildman–Crippen LogP) is 6.17. The summed E-state index contributed by atoms with van der Waals surface area (Å²) in [7, 11) is 0. The van der Waals surface area contributed by atoms with Crippen LogP contribution in [0.2, 0.25) is 5.02 Å². The number of halogens is 1. The number of carbonyl (C=O) groups is 1. The summed E-state index contributed by atoms with van der Waals surface area (Å²) in [4.78, 5) is 32.7. The molecule has 2 saturated heterocycles. The molecular weight excluding hydrogens is 512 g/mol. The highest BCUT2D eigenvalue weighted by Crippen LogP contribution is 2.35. The van der Waals surface area contributed by atoms with Gasteiger partial charge in [-0.25, -0.2) is 15.0 Å². The predicted molar refractivity (Wildman–Crippen MR) is 147 cm³/mol. The Hall–Kier alpha value is -3.01. The minimum absolute atomic E-state index is 0.0601. The highest BCUT2D eigenvalue weighted by atomic mass is 35.5. The fourth-order valence-corrected chi connectivity index (χ4v) is 6.94. The van der Waals surface area contributed by atoms with Gasteiger partial charge in [0.05, 0.1) is 26.8 Å². The number of amides is 1. The van der Waals surface area contributed by atoms with Gasteiger partial charge in [-0.2, -0.15) is 0 Å². The van der Waals surface area contributed by atoms with E-state index in [1.807, 2.05) is 43.5 Å². The molecule has 7 nitrogen and oxygen atoms in total. The SMILES string of the molecule is Cc1nc(C)c(-c2csc(Nc3ccc(C(=O)N4C5CCC4CN(c4ccc(Cl)cc4)C5)cn3)n2)s1. The van der Waals surface area contributed by atoms with Crippen LogP contribution in [0, 0.1) is 13.8 Å². The lowest BCUT2D eigenvalue weighted by atomic mass is 10.1. The summed E-state index contributed by atoms with van der Waals surface area (Å²) < 4.78 is 0. The summed E-state index contributed by atoms with van der Waals surface area (Å²) in [6.07, 6.45) is 3.72. The van der Waals surface area contributed by atoms with Crippen LogP contribution >= 0.6 is 34.3 Å². The monoisotopic (exact) mass is 536 g/mol. The van der Waals surface area contributed by atoms with Crippen molar-refractivity contribution in [1.29, 1.82) is 0 Å². The van der Waals surface area contributed by atoms with Gasteiger partial charge in [0.1, 0.15) is 5.82 Å². The lowest BCUT2D eigenvalue weighted by molar-refractivity contribution is 0.0641. The number of fused-ring (bicyclic) bond motifs is 2. The molecule has 0 radical (unpaired) electrons. The number of aromatic nitrogens is 3. The van der Waals surface area contributed by atoms with E-state index < -0.39 is 0 Å². The third-order valence-electron chi connectivity index (χ3n) is 6.79. The normalized spacial score (nSPS) is 19.1. The van der Waals surface area contributed by atoms with Crippen molar-refractivity contribution >= 4 is 56.8 Å². The van der Waals surface area contributed by atoms with E-state index in [0.717, 1.165) is 63.0 Å². The first-order chi connectivity index (χ1) is 17.4. The van der Waals surface area contributed by atoms with E-state index in [9.17, 15) is 4.79 Å². The second kappa shape index (κ2) is 9.46. The van der Waals surface area contributed by atoms with E-state index in [1.165, 1.54) is 11.3 Å². The molecule has 1 amide bonds. The second-order valence-electron chi connectivity index (χ2n) is 9.22. The van der Waals surface area contributed by atoms with Gasteiger partial charge in [-0.05, 0) is 63.1 Å². The molecule has 2 aliphatic rings. The van der Waals surface area contributed by atoms with Gasteiger partial charge in [0.15, 0.2) is 5.13 Å². The van der Waals surface area contributed by atoms with Gasteiger partial charge in [0.2, 0.25) is 0 Å². The summed E-state index contributed by atoms with van der Waals surface area (Å²) in [6.45, 7) is 5.68. The summed E-state index contributed by atoms with van der Waals surface area (Å²) in [5.41, 5.74) is 3.70. The minimum Gasteiger partial charge on any atom is -0.367 e. The molecule has 2 fully saturated rings. The van der Waals surface area contributed by atoms with Gasteiger partial charge < -0.3 is 15.1 Å². The van der Waals surface area contributed by atoms with E-state index in [2.05, 4.69) is 37.2 Å². The van der Waals surface area contributed by atoms with E-state index in [1.54, 1.807) is 17.5 Å². The number of aryl methyl sites for hydroxylation is 2. The Labute approximate surface area is 222 Å². The minimum atomic E-state index is 0.0601. The van der Waals surface area contributed by atoms with Crippen LogP contribution in [0.3, 0.4) is 0 Å². The molecule has 1 aromatic carbocycles. The third-order valence-corrected chi connectivity index (χ3v) is 8.90. The third kappa shape index (κ3) is 4.47. The number of hydrogen-bond donors (Lipinski definition) is 1. The number of benzene rings is 1. The van der Waals surface area contributed by atoms with Crippen molar-refractivity contribution in [2.45, 2.75) is 38.8 Å². The van der Waals surface area contributed by atoms with Gasteiger partial charge in [0, 0.05) is 47.5 Å². The zero-order chi connectivity index (χ0) is 24.8. The molecular formula is C26H25ClN6OS2. The largest absolute Gasteiger partial charge is 0.367 e. The summed E-state index contributed by atoms with van der Waals surface area (Å²) >= 11 is 9.23. The van der Waals surface area contributed by atoms with Crippen molar-refractivity contribution in [2.24, 2.45) is 0 Å². The fourth-order valence-electron chi connectivity index (χ4n) is 5.15. The van der Waals surface area contributed by atoms with Crippen molar-refractivity contribution in [1.82, 2.24) is 19.9 Å². The highest BCUT2D eigenvalue weighted by Gasteiger charge is 2.42. The van der Waals surface area contributed by atoms with Crippen LogP contribution in [-0.2, 0) is 0 Å². The quantitative estimate of drug-likeness (QED) is 0.329. The van der Waals surface area contributed by atoms with Crippen LogP contribution in [0.1, 0.15) is 33.9 Å². The number of carbonyl (C=O) groups excluding carboxylic acids is 1. The van der Waals surface area contributed by atoms with Crippen molar-refractivity contribution < 1.29 is 4.79 Å². The maximum atomic E-state index is 13.4. The molecule has 10 heteroatoms. The molecule has 2 unspecified atom stereocenters. The first kappa shape index (κ1) is 23.4. The Morgan fingerprint density at radius 2 is 1.81 bits per heavy atom. The van der Waals surface area contributed by atoms with E-state index in [-0.39, 0.29) is 18.0 Å². The van der Waals surface area contributed by atoms with Crippen molar-refractivity contribution in [3.05, 3.63) is 69.3 Å². The second-order valence-corrected chi connectivity index (χ2v) is 11.7. The van der Waals surface area contributed by atoms with E-state index in [4.69, 9.17) is 16.6 Å². The van der Waals surface area contributed by atoms with Crippen LogP contribution in [-0.4, -0.2) is 50.9 Å². The van der Waals surface area contributed by atoms with Gasteiger partial charge in [-0.3, -0.25) is 4.79 Å². The number of anilines is 3. The molecule has 0 spiro atoms. The van der Waals surface area contributed by atoms with Crippen molar-refractivity contribution in [3.63, 3.8) is 0 Å². The average Bonchev–Trinajstić information content (AvgIpc) is 3.54. The zero-order valence-corrected chi connectivity index (χ0v) is 22.3. The number of piperazine rings is 1. The van der Waals surface area contributed by atoms with Crippen LogP contribution in [0.5, 0.6) is 0 Å². The molecule has 36 heavy (non-hydrogen) atoms. The van der Waals surface area contributed by atoms with Gasteiger partial charge in [-0.15, -0.1) is 22.7 Å². The standard InChI is InChI=1S/C26H25ClN6OS2/c1-15-24(36-16(2)29-15)22-14-35-26(30-22)31-23-10-3-17(11-28-23)25(34)33-20-8-9-21(33)13-32(12-20)19-6-4-18(27)5-7-19/h3-7,10-11,14,20-21H,8-9,12-13H2,1-2H3,(H,28,30,31). The smallest absolute Gasteiger partial charge is 0.256 e. The Kier molecular flexibility index (Phi) is 6.15. The Morgan fingerprint density at radius 3 is 2.44 bits per heavy atom. The number of nitrogens with one attached hydrogen (secondary N) is 1. The highest BCUT2D eigenvalue weighted by molar-refractivity contribution is 7.16. The van der Waals surface area contributed by atoms with Gasteiger partial charge >= 0.3 is 0 Å². The van der Waals surface area contributed by atoms with Gasteiger partial charge in [0.25, 0.3) is 5.91 Å². The lowest BCUT2D eigenvalue weighted by Crippen LogP contribution is -2.56. The molecule has 0 aliphatic carbocycles. The van der Waals surface area contributed by atoms with Crippen LogP contribution in [0.25, 0.3) is 10.6 Å². The molecule has 2 atom stereocenters. The molecule has 2 bridgehead atoms. The van der Waals surface area contributed by atoms with Crippen LogP contribution < -0.4 is 10.2 Å². The number of rotatable bonds is 5. The molecule has 2 aliphatic heterocycles. The van der Waals surface area contributed by atoms with E-state index in [0.29, 0.717) is 11.4 Å². The summed E-state index contributed by atoms with van der Waals surface area (Å²) in [6, 6.07) is 12.1. The molecule has 0 saturated carbocycles. The number of pyridine rings is 1. The van der Waals surface area contributed by atoms with E-state index >= 15 is 0 Å². The number of hydrogen-bond acceptors (Lipinski definition) is 8. The Morgan fingerprint density at radius 1 is 1.06 bits per heavy atom. The van der Waals surface area contributed by atoms with Gasteiger partial charge in [-0.1, -0.05) is 11.6 Å². The molecule has 3 aromatic heterocycles. The maximum absolute atomic E-state index is 13.4. The first-order valence-corrected chi connectivity index (χ1v) is 14.0. The Balaban J connectivity index is 1.12. The number of nitrogens with zero attached hydrogens (tertiary/aromatic N) is 5. The topological polar surface area (TPSA) is 74.2 Å². The first-order valence-electron chi connectivity index (χ1n) is 11.9. The number of thiazole rings is 2. The maximum Gasteiger partial charge on any atom is 0.256 e. The lowest BCUT2D eigenvalue weighted by Gasteiger charge is -2.42. The molecule has 4 aromatic rings. The fraction of sp³-hybridized carbons (Fsp3) is 0.308. The molecule has 6 rings (SSSR count). The molecule has 184 valence electrons. The average molecular weight is 537 g/mol. The Bertz CT molecular complexity index is 1390. The summed E-state index contributed by atoms with van der Waals surface area (Å²) in [5, 5.41) is 7.82. The van der Waals surface area contributed by atoms with Crippen LogP contribution in [0.4, 0.5) is 16.6 Å². The summed E-state index contributed by atoms with van der Waals surface area (Å²) in [5.74, 6) is 0.727. The zero-order valence-electron chi connectivity index (χ0n) is 19.9. The van der Waals surface area contributed by atoms with Crippen molar-refractivity contribution in [2.75, 3.05) is 23.3 Å². The van der Waals surface area contributed by atoms with Crippen LogP contribution in [0.15, 0.2) is 48.0 Å². The molecule has 5 heterocycles. The molecule has 1 N–H and O–H groups in total. The van der Waals surface area contributed by atoms with Crippen molar-refractivity contribution in [3.8, 4) is 10.6 Å².